The molecule has 0 aliphatic rings. The van der Waals surface area contributed by atoms with Crippen molar-refractivity contribution in [2.75, 3.05) is 12.3 Å². The van der Waals surface area contributed by atoms with Gasteiger partial charge in [0.25, 0.3) is 5.91 Å². The van der Waals surface area contributed by atoms with Crippen LogP contribution in [0.25, 0.3) is 0 Å². The molecule has 17 heavy (non-hydrogen) atoms. The summed E-state index contributed by atoms with van der Waals surface area (Å²) in [7, 11) is 1.70. The van der Waals surface area contributed by atoms with E-state index < -0.39 is 0 Å². The third-order valence-corrected chi connectivity index (χ3v) is 2.52. The number of aryl methyl sites for hydroxylation is 2. The highest BCUT2D eigenvalue weighted by Gasteiger charge is 2.16. The number of carbonyl (C=O) groups excluding carboxylic acids is 1. The standard InChI is InChI=1S/C12H18N4O/c1-4-5-6-7-8-14-12(17)11-10(13)9(2)15-16(11)3/h1H,5-8,13H2,2-3H3,(H,14,17). The molecule has 3 N–H and O–H groups in total. The van der Waals surface area contributed by atoms with E-state index >= 15 is 0 Å². The highest BCUT2D eigenvalue weighted by Crippen LogP contribution is 2.14. The van der Waals surface area contributed by atoms with Crippen LogP contribution in [0.5, 0.6) is 0 Å². The molecule has 1 amide bonds. The van der Waals surface area contributed by atoms with Gasteiger partial charge in [0.05, 0.1) is 11.4 Å². The zero-order valence-electron chi connectivity index (χ0n) is 10.3. The maximum Gasteiger partial charge on any atom is 0.271 e. The Kier molecular flexibility index (Phi) is 4.58. The van der Waals surface area contributed by atoms with Crippen molar-refractivity contribution in [1.29, 1.82) is 0 Å². The fourth-order valence-corrected chi connectivity index (χ4v) is 1.58. The predicted octanol–water partition coefficient (Wildman–Crippen LogP) is 0.844. The summed E-state index contributed by atoms with van der Waals surface area (Å²) in [6, 6.07) is 0. The van der Waals surface area contributed by atoms with Crippen molar-refractivity contribution in [1.82, 2.24) is 15.1 Å². The summed E-state index contributed by atoms with van der Waals surface area (Å²) in [6.07, 6.45) is 7.66. The lowest BCUT2D eigenvalue weighted by Gasteiger charge is -2.05. The number of rotatable bonds is 5. The van der Waals surface area contributed by atoms with Crippen LogP contribution in [-0.2, 0) is 7.05 Å². The summed E-state index contributed by atoms with van der Waals surface area (Å²) >= 11 is 0. The number of hydrogen-bond acceptors (Lipinski definition) is 3. The van der Waals surface area contributed by atoms with Crippen molar-refractivity contribution in [3.8, 4) is 12.3 Å². The first-order chi connectivity index (χ1) is 8.07. The van der Waals surface area contributed by atoms with E-state index in [2.05, 4.69) is 16.3 Å². The molecule has 1 rings (SSSR count). The maximum absolute atomic E-state index is 11.8. The summed E-state index contributed by atoms with van der Waals surface area (Å²) in [4.78, 5) is 11.8. The summed E-state index contributed by atoms with van der Waals surface area (Å²) < 4.78 is 1.50. The number of aromatic nitrogens is 2. The van der Waals surface area contributed by atoms with Crippen molar-refractivity contribution < 1.29 is 4.79 Å². The average Bonchev–Trinajstić information content (AvgIpc) is 2.53. The second-order valence-corrected chi connectivity index (χ2v) is 3.89. The fourth-order valence-electron chi connectivity index (χ4n) is 1.58. The first kappa shape index (κ1) is 13.1. The Morgan fingerprint density at radius 2 is 2.29 bits per heavy atom. The normalized spacial score (nSPS) is 9.94. The molecule has 0 bridgehead atoms. The van der Waals surface area contributed by atoms with E-state index in [0.29, 0.717) is 23.6 Å². The van der Waals surface area contributed by atoms with Gasteiger partial charge in [0.15, 0.2) is 0 Å². The molecule has 1 aromatic rings. The van der Waals surface area contributed by atoms with Crippen molar-refractivity contribution in [2.24, 2.45) is 7.05 Å². The van der Waals surface area contributed by atoms with Gasteiger partial charge in [0.2, 0.25) is 0 Å². The molecule has 5 nitrogen and oxygen atoms in total. The average molecular weight is 234 g/mol. The summed E-state index contributed by atoms with van der Waals surface area (Å²) in [5.74, 6) is 2.37. The Balaban J connectivity index is 2.50. The van der Waals surface area contributed by atoms with Crippen molar-refractivity contribution in [2.45, 2.75) is 26.2 Å². The topological polar surface area (TPSA) is 72.9 Å². The quantitative estimate of drug-likeness (QED) is 0.586. The molecule has 0 radical (unpaired) electrons. The van der Waals surface area contributed by atoms with Crippen molar-refractivity contribution >= 4 is 11.6 Å². The van der Waals surface area contributed by atoms with E-state index in [4.69, 9.17) is 12.2 Å². The van der Waals surface area contributed by atoms with Crippen molar-refractivity contribution in [3.63, 3.8) is 0 Å². The minimum Gasteiger partial charge on any atom is -0.395 e. The molecule has 0 atom stereocenters. The molecule has 0 unspecified atom stereocenters. The molecular formula is C12H18N4O. The molecular weight excluding hydrogens is 216 g/mol. The molecule has 5 heteroatoms. The number of anilines is 1. The van der Waals surface area contributed by atoms with Gasteiger partial charge < -0.3 is 11.1 Å². The largest absolute Gasteiger partial charge is 0.395 e. The number of nitrogens with one attached hydrogen (secondary N) is 1. The lowest BCUT2D eigenvalue weighted by Crippen LogP contribution is -2.27. The van der Waals surface area contributed by atoms with Crippen LogP contribution in [0.1, 0.15) is 35.4 Å². The van der Waals surface area contributed by atoms with Gasteiger partial charge in [0.1, 0.15) is 5.69 Å². The molecule has 1 heterocycles. The predicted molar refractivity (Wildman–Crippen MR) is 67.4 cm³/mol. The number of nitrogens with two attached hydrogens (primary N) is 1. The third-order valence-electron chi connectivity index (χ3n) is 2.52. The van der Waals surface area contributed by atoms with E-state index in [-0.39, 0.29) is 5.91 Å². The molecule has 0 spiro atoms. The molecule has 0 aliphatic carbocycles. The van der Waals surface area contributed by atoms with E-state index in [0.717, 1.165) is 19.3 Å². The van der Waals surface area contributed by atoms with Crippen LogP contribution in [0.2, 0.25) is 0 Å². The Hall–Kier alpha value is -1.96. The smallest absolute Gasteiger partial charge is 0.271 e. The van der Waals surface area contributed by atoms with Gasteiger partial charge in [0, 0.05) is 20.0 Å². The number of amides is 1. The van der Waals surface area contributed by atoms with Crippen LogP contribution in [0.3, 0.4) is 0 Å². The minimum absolute atomic E-state index is 0.189. The van der Waals surface area contributed by atoms with Gasteiger partial charge in [-0.25, -0.2) is 0 Å². The van der Waals surface area contributed by atoms with Crippen LogP contribution in [-0.4, -0.2) is 22.2 Å². The molecule has 1 aromatic heterocycles. The van der Waals surface area contributed by atoms with E-state index in [1.165, 1.54) is 4.68 Å². The first-order valence-electron chi connectivity index (χ1n) is 5.58. The lowest BCUT2D eigenvalue weighted by molar-refractivity contribution is 0.0944. The third kappa shape index (κ3) is 3.25. The highest BCUT2D eigenvalue weighted by atomic mass is 16.2. The molecule has 0 saturated heterocycles. The van der Waals surface area contributed by atoms with E-state index in [1.807, 2.05) is 0 Å². The van der Waals surface area contributed by atoms with Crippen LogP contribution < -0.4 is 11.1 Å². The van der Waals surface area contributed by atoms with Crippen LogP contribution in [0.15, 0.2) is 0 Å². The van der Waals surface area contributed by atoms with Crippen LogP contribution in [0.4, 0.5) is 5.69 Å². The Morgan fingerprint density at radius 3 is 2.82 bits per heavy atom. The lowest BCUT2D eigenvalue weighted by atomic mass is 10.2. The number of terminal acetylenes is 1. The second kappa shape index (κ2) is 5.94. The summed E-state index contributed by atoms with van der Waals surface area (Å²) in [6.45, 7) is 2.38. The van der Waals surface area contributed by atoms with Gasteiger partial charge in [-0.2, -0.15) is 5.10 Å². The maximum atomic E-state index is 11.8. The molecule has 92 valence electrons. The Bertz CT molecular complexity index is 442. The van der Waals surface area contributed by atoms with Gasteiger partial charge in [-0.3, -0.25) is 9.48 Å². The molecule has 0 aromatic carbocycles. The first-order valence-corrected chi connectivity index (χ1v) is 5.58. The minimum atomic E-state index is -0.189. The summed E-state index contributed by atoms with van der Waals surface area (Å²) in [5.41, 5.74) is 7.31. The monoisotopic (exact) mass is 234 g/mol. The van der Waals surface area contributed by atoms with Crippen LogP contribution in [0, 0.1) is 19.3 Å². The van der Waals surface area contributed by atoms with Gasteiger partial charge in [-0.15, -0.1) is 12.3 Å². The van der Waals surface area contributed by atoms with Crippen LogP contribution >= 0.6 is 0 Å². The van der Waals surface area contributed by atoms with E-state index in [9.17, 15) is 4.79 Å². The van der Waals surface area contributed by atoms with Crippen molar-refractivity contribution in [3.05, 3.63) is 11.4 Å². The van der Waals surface area contributed by atoms with Gasteiger partial charge >= 0.3 is 0 Å². The zero-order valence-corrected chi connectivity index (χ0v) is 10.3. The van der Waals surface area contributed by atoms with E-state index in [1.54, 1.807) is 14.0 Å². The number of nitrogens with zero attached hydrogens (tertiary/aromatic N) is 2. The second-order valence-electron chi connectivity index (χ2n) is 3.89. The molecule has 0 fully saturated rings. The molecule has 0 aliphatic heterocycles. The number of nitrogen functional groups attached to an aromatic ring is 1. The SMILES string of the molecule is C#CCCCCNC(=O)c1c(N)c(C)nn1C. The highest BCUT2D eigenvalue weighted by molar-refractivity contribution is 5.97. The number of hydrogen-bond donors (Lipinski definition) is 2. The number of unbranched alkanes of at least 4 members (excludes halogenated alkanes) is 2. The zero-order chi connectivity index (χ0) is 12.8. The fraction of sp³-hybridized carbons (Fsp3) is 0.500. The summed E-state index contributed by atoms with van der Waals surface area (Å²) in [5, 5.41) is 6.90. The van der Waals surface area contributed by atoms with Gasteiger partial charge in [-0.1, -0.05) is 0 Å². The van der Waals surface area contributed by atoms with Gasteiger partial charge in [-0.05, 0) is 19.8 Å². The number of carbonyl (C=O) groups is 1. The Morgan fingerprint density at radius 1 is 1.59 bits per heavy atom. The molecule has 0 saturated carbocycles. The Labute approximate surface area is 101 Å².